The number of likely N-dealkylation sites (N-methyl/N-ethyl adjacent to an activating group) is 1. The first-order valence-corrected chi connectivity index (χ1v) is 5.35. The van der Waals surface area contributed by atoms with Gasteiger partial charge in [-0.3, -0.25) is 4.68 Å². The Morgan fingerprint density at radius 3 is 2.88 bits per heavy atom. The molecule has 1 atom stereocenters. The van der Waals surface area contributed by atoms with Crippen LogP contribution in [-0.4, -0.2) is 55.0 Å². The van der Waals surface area contributed by atoms with Crippen molar-refractivity contribution in [3.63, 3.8) is 0 Å². The van der Waals surface area contributed by atoms with Crippen molar-refractivity contribution < 1.29 is 9.47 Å². The van der Waals surface area contributed by atoms with E-state index in [9.17, 15) is 0 Å². The monoisotopic (exact) mass is 228 g/mol. The number of rotatable bonds is 8. The van der Waals surface area contributed by atoms with Crippen LogP contribution in [0.4, 0.5) is 0 Å². The van der Waals surface area contributed by atoms with Crippen molar-refractivity contribution in [2.45, 2.75) is 12.5 Å². The number of ether oxygens (including phenoxy) is 2. The Bertz CT molecular complexity index is 290. The third-order valence-electron chi connectivity index (χ3n) is 2.26. The smallest absolute Gasteiger partial charge is 0.0843 e. The van der Waals surface area contributed by atoms with Crippen LogP contribution in [0.5, 0.6) is 0 Å². The SMILES string of the molecule is CNC(COCCOC)Cc1cn(C)nn1. The van der Waals surface area contributed by atoms with Crippen molar-refractivity contribution in [1.82, 2.24) is 20.3 Å². The quantitative estimate of drug-likeness (QED) is 0.614. The fourth-order valence-corrected chi connectivity index (χ4v) is 1.35. The van der Waals surface area contributed by atoms with Gasteiger partial charge in [0.1, 0.15) is 0 Å². The molecule has 0 spiro atoms. The van der Waals surface area contributed by atoms with Gasteiger partial charge in [-0.15, -0.1) is 5.10 Å². The third-order valence-corrected chi connectivity index (χ3v) is 2.26. The van der Waals surface area contributed by atoms with E-state index in [4.69, 9.17) is 9.47 Å². The predicted molar refractivity (Wildman–Crippen MR) is 60.2 cm³/mol. The minimum atomic E-state index is 0.258. The normalized spacial score (nSPS) is 12.9. The Morgan fingerprint density at radius 2 is 2.31 bits per heavy atom. The number of aromatic nitrogens is 3. The van der Waals surface area contributed by atoms with Crippen LogP contribution in [0.1, 0.15) is 5.69 Å². The van der Waals surface area contributed by atoms with Gasteiger partial charge in [0.25, 0.3) is 0 Å². The molecule has 0 saturated carbocycles. The molecule has 0 radical (unpaired) electrons. The summed E-state index contributed by atoms with van der Waals surface area (Å²) in [6.45, 7) is 1.90. The van der Waals surface area contributed by atoms with E-state index in [2.05, 4.69) is 15.6 Å². The Balaban J connectivity index is 2.26. The van der Waals surface area contributed by atoms with Gasteiger partial charge in [-0.05, 0) is 7.05 Å². The first-order chi connectivity index (χ1) is 7.76. The van der Waals surface area contributed by atoms with Crippen molar-refractivity contribution in [2.24, 2.45) is 7.05 Å². The molecule has 1 aromatic heterocycles. The molecule has 6 heteroatoms. The molecular formula is C10H20N4O2. The molecule has 1 N–H and O–H groups in total. The Labute approximate surface area is 95.9 Å². The lowest BCUT2D eigenvalue weighted by Gasteiger charge is -2.14. The summed E-state index contributed by atoms with van der Waals surface area (Å²) in [7, 11) is 5.44. The lowest BCUT2D eigenvalue weighted by atomic mass is 10.2. The highest BCUT2D eigenvalue weighted by Crippen LogP contribution is 1.98. The molecule has 0 saturated heterocycles. The molecule has 16 heavy (non-hydrogen) atoms. The zero-order chi connectivity index (χ0) is 11.8. The van der Waals surface area contributed by atoms with E-state index >= 15 is 0 Å². The average molecular weight is 228 g/mol. The molecule has 1 heterocycles. The van der Waals surface area contributed by atoms with Gasteiger partial charge in [-0.2, -0.15) is 0 Å². The topological polar surface area (TPSA) is 61.2 Å². The van der Waals surface area contributed by atoms with Crippen LogP contribution in [0.15, 0.2) is 6.20 Å². The fourth-order valence-electron chi connectivity index (χ4n) is 1.35. The highest BCUT2D eigenvalue weighted by molar-refractivity contribution is 4.95. The highest BCUT2D eigenvalue weighted by atomic mass is 16.5. The van der Waals surface area contributed by atoms with E-state index in [1.807, 2.05) is 20.3 Å². The summed E-state index contributed by atoms with van der Waals surface area (Å²) in [5, 5.41) is 11.1. The van der Waals surface area contributed by atoms with Crippen molar-refractivity contribution in [2.75, 3.05) is 34.0 Å². The number of hydrogen-bond acceptors (Lipinski definition) is 5. The summed E-state index contributed by atoms with van der Waals surface area (Å²) < 4.78 is 12.1. The van der Waals surface area contributed by atoms with Gasteiger partial charge >= 0.3 is 0 Å². The molecule has 0 aliphatic rings. The summed E-state index contributed by atoms with van der Waals surface area (Å²) >= 11 is 0. The highest BCUT2D eigenvalue weighted by Gasteiger charge is 2.09. The van der Waals surface area contributed by atoms with Crippen LogP contribution in [0, 0.1) is 0 Å². The molecule has 0 fully saturated rings. The zero-order valence-corrected chi connectivity index (χ0v) is 10.1. The lowest BCUT2D eigenvalue weighted by molar-refractivity contribution is 0.0596. The largest absolute Gasteiger partial charge is 0.382 e. The molecule has 0 aliphatic carbocycles. The second-order valence-electron chi connectivity index (χ2n) is 3.64. The van der Waals surface area contributed by atoms with Gasteiger partial charge < -0.3 is 14.8 Å². The van der Waals surface area contributed by atoms with Crippen LogP contribution < -0.4 is 5.32 Å². The first kappa shape index (κ1) is 13.1. The van der Waals surface area contributed by atoms with E-state index in [1.54, 1.807) is 11.8 Å². The number of hydrogen-bond donors (Lipinski definition) is 1. The van der Waals surface area contributed by atoms with Gasteiger partial charge in [-0.1, -0.05) is 5.21 Å². The maximum absolute atomic E-state index is 5.46. The second-order valence-corrected chi connectivity index (χ2v) is 3.64. The van der Waals surface area contributed by atoms with Crippen LogP contribution in [-0.2, 0) is 22.9 Å². The van der Waals surface area contributed by atoms with Gasteiger partial charge in [-0.25, -0.2) is 0 Å². The Hall–Kier alpha value is -0.980. The predicted octanol–water partition coefficient (Wildman–Crippen LogP) is -0.391. The van der Waals surface area contributed by atoms with Crippen molar-refractivity contribution in [3.8, 4) is 0 Å². The van der Waals surface area contributed by atoms with Gasteiger partial charge in [0.15, 0.2) is 0 Å². The summed E-state index contributed by atoms with van der Waals surface area (Å²) in [5.41, 5.74) is 0.970. The molecule has 6 nitrogen and oxygen atoms in total. The number of methoxy groups -OCH3 is 1. The van der Waals surface area contributed by atoms with Crippen LogP contribution in [0.2, 0.25) is 0 Å². The molecule has 0 amide bonds. The molecule has 1 unspecified atom stereocenters. The summed E-state index contributed by atoms with van der Waals surface area (Å²) in [5.74, 6) is 0. The summed E-state index contributed by atoms with van der Waals surface area (Å²) in [4.78, 5) is 0. The van der Waals surface area contributed by atoms with Crippen LogP contribution >= 0.6 is 0 Å². The molecule has 1 rings (SSSR count). The number of nitrogens with one attached hydrogen (secondary N) is 1. The van der Waals surface area contributed by atoms with Crippen molar-refractivity contribution in [1.29, 1.82) is 0 Å². The van der Waals surface area contributed by atoms with E-state index in [1.165, 1.54) is 0 Å². The Morgan fingerprint density at radius 1 is 1.50 bits per heavy atom. The number of nitrogens with zero attached hydrogens (tertiary/aromatic N) is 3. The van der Waals surface area contributed by atoms with Gasteiger partial charge in [0, 0.05) is 32.8 Å². The summed E-state index contributed by atoms with van der Waals surface area (Å²) in [6, 6.07) is 0.258. The van der Waals surface area contributed by atoms with Crippen LogP contribution in [0.3, 0.4) is 0 Å². The molecule has 0 bridgehead atoms. The second kappa shape index (κ2) is 7.32. The standard InChI is InChI=1S/C10H20N4O2/c1-11-10(8-16-5-4-15-3)6-9-7-14(2)13-12-9/h7,10-11H,4-6,8H2,1-3H3. The maximum Gasteiger partial charge on any atom is 0.0843 e. The van der Waals surface area contributed by atoms with Gasteiger partial charge in [0.2, 0.25) is 0 Å². The number of aryl methyl sites for hydroxylation is 1. The van der Waals surface area contributed by atoms with E-state index in [0.29, 0.717) is 19.8 Å². The zero-order valence-electron chi connectivity index (χ0n) is 10.1. The molecule has 1 aromatic rings. The average Bonchev–Trinajstić information content (AvgIpc) is 2.68. The van der Waals surface area contributed by atoms with E-state index in [-0.39, 0.29) is 6.04 Å². The minimum absolute atomic E-state index is 0.258. The molecule has 0 aliphatic heterocycles. The first-order valence-electron chi connectivity index (χ1n) is 5.35. The third kappa shape index (κ3) is 4.69. The Kier molecular flexibility index (Phi) is 5.99. The lowest BCUT2D eigenvalue weighted by Crippen LogP contribution is -2.33. The molecular weight excluding hydrogens is 208 g/mol. The van der Waals surface area contributed by atoms with Crippen molar-refractivity contribution >= 4 is 0 Å². The van der Waals surface area contributed by atoms with Gasteiger partial charge in [0.05, 0.1) is 25.5 Å². The van der Waals surface area contributed by atoms with E-state index < -0.39 is 0 Å². The van der Waals surface area contributed by atoms with E-state index in [0.717, 1.165) is 12.1 Å². The fraction of sp³-hybridized carbons (Fsp3) is 0.800. The molecule has 92 valence electrons. The summed E-state index contributed by atoms with van der Waals surface area (Å²) in [6.07, 6.45) is 2.73. The minimum Gasteiger partial charge on any atom is -0.382 e. The van der Waals surface area contributed by atoms with Crippen molar-refractivity contribution in [3.05, 3.63) is 11.9 Å². The maximum atomic E-state index is 5.46. The molecule has 0 aromatic carbocycles. The van der Waals surface area contributed by atoms with Crippen LogP contribution in [0.25, 0.3) is 0 Å².